The van der Waals surface area contributed by atoms with Gasteiger partial charge in [0.05, 0.1) is 0 Å². The van der Waals surface area contributed by atoms with E-state index in [-0.39, 0.29) is 28.4 Å². The lowest BCUT2D eigenvalue weighted by Gasteiger charge is -2.12. The molecule has 8 nitrogen and oxygen atoms in total. The molecule has 42 heavy (non-hydrogen) atoms. The highest BCUT2D eigenvalue weighted by Crippen LogP contribution is 2.35. The minimum atomic E-state index is -0.956. The van der Waals surface area contributed by atoms with Crippen LogP contribution in [0.1, 0.15) is 11.1 Å². The van der Waals surface area contributed by atoms with E-state index >= 15 is 4.39 Å². The van der Waals surface area contributed by atoms with Crippen LogP contribution in [-0.2, 0) is 19.2 Å². The highest BCUT2D eigenvalue weighted by molar-refractivity contribution is 5.88. The Morgan fingerprint density at radius 2 is 1.10 bits per heavy atom. The summed E-state index contributed by atoms with van der Waals surface area (Å²) in [4.78, 5) is 46.8. The van der Waals surface area contributed by atoms with Crippen molar-refractivity contribution in [1.82, 2.24) is 0 Å². The van der Waals surface area contributed by atoms with Gasteiger partial charge in [-0.2, -0.15) is 0 Å². The van der Waals surface area contributed by atoms with Crippen molar-refractivity contribution in [1.29, 1.82) is 0 Å². The molecule has 0 radical (unpaired) electrons. The normalized spacial score (nSPS) is 10.3. The number of rotatable bonds is 11. The van der Waals surface area contributed by atoms with Crippen molar-refractivity contribution in [3.8, 4) is 34.1 Å². The van der Waals surface area contributed by atoms with Gasteiger partial charge in [0, 0.05) is 53.1 Å². The lowest BCUT2D eigenvalue weighted by molar-refractivity contribution is -0.130. The minimum Gasteiger partial charge on any atom is -0.423 e. The lowest BCUT2D eigenvalue weighted by atomic mass is 10.0. The Kier molecular flexibility index (Phi) is 10.2. The summed E-state index contributed by atoms with van der Waals surface area (Å²) < 4.78 is 50.1. The number of ether oxygens (including phenoxy) is 4. The smallest absolute Gasteiger partial charge is 0.335 e. The second-order valence-corrected chi connectivity index (χ2v) is 8.05. The van der Waals surface area contributed by atoms with Gasteiger partial charge < -0.3 is 18.9 Å². The average molecular weight is 573 g/mol. The molecule has 3 aromatic carbocycles. The van der Waals surface area contributed by atoms with Gasteiger partial charge >= 0.3 is 23.9 Å². The van der Waals surface area contributed by atoms with E-state index in [1.165, 1.54) is 42.5 Å². The minimum absolute atomic E-state index is 0.0212. The molecular formula is C32H22F2O8. The molecule has 0 spiro atoms. The van der Waals surface area contributed by atoms with Gasteiger partial charge in [0.1, 0.15) is 23.1 Å². The predicted octanol–water partition coefficient (Wildman–Crippen LogP) is 6.17. The van der Waals surface area contributed by atoms with Crippen molar-refractivity contribution in [2.75, 3.05) is 0 Å². The number of carbonyl (C=O) groups excluding carboxylic acids is 4. The van der Waals surface area contributed by atoms with Crippen molar-refractivity contribution < 1.29 is 46.9 Å². The molecule has 0 aliphatic carbocycles. The van der Waals surface area contributed by atoms with Gasteiger partial charge in [-0.05, 0) is 29.8 Å². The Morgan fingerprint density at radius 1 is 0.548 bits per heavy atom. The molecule has 0 bridgehead atoms. The van der Waals surface area contributed by atoms with Crippen molar-refractivity contribution in [2.24, 2.45) is 0 Å². The van der Waals surface area contributed by atoms with E-state index in [1.54, 1.807) is 0 Å². The van der Waals surface area contributed by atoms with Crippen molar-refractivity contribution >= 4 is 36.0 Å². The highest BCUT2D eigenvalue weighted by Gasteiger charge is 2.16. The summed E-state index contributed by atoms with van der Waals surface area (Å²) >= 11 is 0. The first kappa shape index (κ1) is 30.6. The molecule has 10 heteroatoms. The van der Waals surface area contributed by atoms with Crippen LogP contribution in [0.4, 0.5) is 8.78 Å². The zero-order valence-electron chi connectivity index (χ0n) is 21.9. The number of benzene rings is 3. The van der Waals surface area contributed by atoms with E-state index in [2.05, 4.69) is 26.3 Å². The highest BCUT2D eigenvalue weighted by atomic mass is 19.1. The molecule has 0 saturated carbocycles. The first-order valence-electron chi connectivity index (χ1n) is 11.9. The molecule has 3 aromatic rings. The van der Waals surface area contributed by atoms with E-state index in [0.29, 0.717) is 11.1 Å². The maximum absolute atomic E-state index is 15.2. The first-order chi connectivity index (χ1) is 20.1. The molecule has 0 fully saturated rings. The Labute approximate surface area is 239 Å². The van der Waals surface area contributed by atoms with Crippen LogP contribution in [-0.4, -0.2) is 23.9 Å². The third-order valence-corrected chi connectivity index (χ3v) is 5.29. The second-order valence-electron chi connectivity index (χ2n) is 8.05. The maximum Gasteiger partial charge on any atom is 0.335 e. The number of halogens is 2. The molecule has 0 atom stereocenters. The van der Waals surface area contributed by atoms with Gasteiger partial charge in [0.15, 0.2) is 11.6 Å². The van der Waals surface area contributed by atoms with E-state index in [1.807, 2.05) is 0 Å². The maximum atomic E-state index is 15.2. The summed E-state index contributed by atoms with van der Waals surface area (Å²) in [5.74, 6) is -5.68. The molecule has 3 rings (SSSR count). The molecule has 0 N–H and O–H groups in total. The standard InChI is InChI=1S/C32H22F2O8/c1-5-29(35)39-22-13-14-23(27(17-22)41-31(37)7-3)20-11-9-19(24(33)15-20)10-12-21-16-25(34)28(42-32(38)8-4)18-26(21)40-30(36)6-2/h5-18H,1-4H2/b12-10+. The van der Waals surface area contributed by atoms with Crippen LogP contribution >= 0.6 is 0 Å². The van der Waals surface area contributed by atoms with Gasteiger partial charge in [-0.3, -0.25) is 0 Å². The second kappa shape index (κ2) is 13.9. The van der Waals surface area contributed by atoms with Crippen LogP contribution in [0.25, 0.3) is 23.3 Å². The molecule has 0 aliphatic rings. The van der Waals surface area contributed by atoms with Gasteiger partial charge in [-0.25, -0.2) is 28.0 Å². The average Bonchev–Trinajstić information content (AvgIpc) is 2.98. The predicted molar refractivity (Wildman–Crippen MR) is 150 cm³/mol. The molecule has 0 saturated heterocycles. The Morgan fingerprint density at radius 3 is 1.69 bits per heavy atom. The van der Waals surface area contributed by atoms with Crippen LogP contribution in [0, 0.1) is 11.6 Å². The summed E-state index contributed by atoms with van der Waals surface area (Å²) in [6, 6.07) is 10.2. The fourth-order valence-corrected chi connectivity index (χ4v) is 3.35. The van der Waals surface area contributed by atoms with E-state index in [9.17, 15) is 23.6 Å². The number of hydrogen-bond acceptors (Lipinski definition) is 8. The van der Waals surface area contributed by atoms with Crippen molar-refractivity contribution in [3.05, 3.63) is 122 Å². The van der Waals surface area contributed by atoms with Crippen LogP contribution in [0.5, 0.6) is 23.0 Å². The fourth-order valence-electron chi connectivity index (χ4n) is 3.35. The Bertz CT molecular complexity index is 1650. The SMILES string of the molecule is C=CC(=O)Oc1ccc(-c2ccc(/C=C/c3cc(F)c(OC(=O)C=C)cc3OC(=O)C=C)c(F)c2)c(OC(=O)C=C)c1. The third-order valence-electron chi connectivity index (χ3n) is 5.29. The molecular weight excluding hydrogens is 550 g/mol. The summed E-state index contributed by atoms with van der Waals surface area (Å²) in [6.07, 6.45) is 6.17. The first-order valence-corrected chi connectivity index (χ1v) is 11.9. The summed E-state index contributed by atoms with van der Waals surface area (Å²) in [7, 11) is 0. The molecule has 212 valence electrons. The number of carbonyl (C=O) groups is 4. The quantitative estimate of drug-likeness (QED) is 0.116. The van der Waals surface area contributed by atoms with E-state index in [0.717, 1.165) is 42.5 Å². The fraction of sp³-hybridized carbons (Fsp3) is 0. The molecule has 0 aliphatic heterocycles. The van der Waals surface area contributed by atoms with Gasteiger partial charge in [-0.1, -0.05) is 50.6 Å². The Hall–Kier alpha value is -5.90. The monoisotopic (exact) mass is 572 g/mol. The van der Waals surface area contributed by atoms with E-state index < -0.39 is 41.3 Å². The van der Waals surface area contributed by atoms with Gasteiger partial charge in [-0.15, -0.1) is 0 Å². The molecule has 0 amide bonds. The largest absolute Gasteiger partial charge is 0.423 e. The topological polar surface area (TPSA) is 105 Å². The summed E-state index contributed by atoms with van der Waals surface area (Å²) in [5, 5.41) is 0. The van der Waals surface area contributed by atoms with Crippen LogP contribution in [0.3, 0.4) is 0 Å². The van der Waals surface area contributed by atoms with Gasteiger partial charge in [0.2, 0.25) is 0 Å². The Balaban J connectivity index is 1.99. The summed E-state index contributed by atoms with van der Waals surface area (Å²) in [6.45, 7) is 13.2. The number of hydrogen-bond donors (Lipinski definition) is 0. The zero-order valence-corrected chi connectivity index (χ0v) is 21.9. The van der Waals surface area contributed by atoms with E-state index in [4.69, 9.17) is 18.9 Å². The van der Waals surface area contributed by atoms with Crippen LogP contribution in [0.2, 0.25) is 0 Å². The molecule has 0 heterocycles. The third kappa shape index (κ3) is 7.82. The molecule has 0 unspecified atom stereocenters. The van der Waals surface area contributed by atoms with Crippen molar-refractivity contribution in [2.45, 2.75) is 0 Å². The van der Waals surface area contributed by atoms with Crippen LogP contribution < -0.4 is 18.9 Å². The zero-order chi connectivity index (χ0) is 30.8. The molecule has 0 aromatic heterocycles. The lowest BCUT2D eigenvalue weighted by Crippen LogP contribution is -2.08. The summed E-state index contributed by atoms with van der Waals surface area (Å²) in [5.41, 5.74) is 0.679. The van der Waals surface area contributed by atoms with Gasteiger partial charge in [0.25, 0.3) is 0 Å². The number of esters is 4. The van der Waals surface area contributed by atoms with Crippen molar-refractivity contribution in [3.63, 3.8) is 0 Å². The van der Waals surface area contributed by atoms with Crippen LogP contribution in [0.15, 0.2) is 99.2 Å².